The Hall–Kier alpha value is -2.97. The Labute approximate surface area is 187 Å². The summed E-state index contributed by atoms with van der Waals surface area (Å²) in [4.78, 5) is 27.0. The van der Waals surface area contributed by atoms with Crippen molar-refractivity contribution >= 4 is 11.8 Å². The van der Waals surface area contributed by atoms with Gasteiger partial charge in [-0.2, -0.15) is 0 Å². The van der Waals surface area contributed by atoms with Crippen molar-refractivity contribution in [3.63, 3.8) is 0 Å². The molecule has 2 N–H and O–H groups in total. The molecule has 0 unspecified atom stereocenters. The van der Waals surface area contributed by atoms with Gasteiger partial charge in [0, 0.05) is 13.7 Å². The first-order valence-corrected chi connectivity index (χ1v) is 10.7. The lowest BCUT2D eigenvalue weighted by Crippen LogP contribution is -2.41. The zero-order valence-electron chi connectivity index (χ0n) is 18.1. The summed E-state index contributed by atoms with van der Waals surface area (Å²) in [5, 5.41) is 12.3. The fraction of sp³-hybridized carbons (Fsp3) is 0.417. The normalized spacial score (nSPS) is 16.6. The van der Waals surface area contributed by atoms with Gasteiger partial charge < -0.3 is 24.8 Å². The second-order valence-corrected chi connectivity index (χ2v) is 7.79. The molecule has 1 saturated heterocycles. The van der Waals surface area contributed by atoms with Crippen LogP contribution in [0.1, 0.15) is 28.8 Å². The van der Waals surface area contributed by atoms with E-state index in [-0.39, 0.29) is 24.0 Å². The maximum absolute atomic E-state index is 14.6. The zero-order valence-corrected chi connectivity index (χ0v) is 18.1. The molecule has 2 aromatic rings. The summed E-state index contributed by atoms with van der Waals surface area (Å²) in [6, 6.07) is 13.0. The van der Waals surface area contributed by atoms with Crippen molar-refractivity contribution in [2.75, 3.05) is 33.5 Å². The average Bonchev–Trinajstić information content (AvgIpc) is 3.26. The largest absolute Gasteiger partial charge is 0.483 e. The highest BCUT2D eigenvalue weighted by Crippen LogP contribution is 2.27. The van der Waals surface area contributed by atoms with E-state index in [4.69, 9.17) is 9.47 Å². The van der Waals surface area contributed by atoms with Crippen LogP contribution in [0.3, 0.4) is 0 Å². The van der Waals surface area contributed by atoms with Gasteiger partial charge in [0.1, 0.15) is 17.1 Å². The predicted octanol–water partition coefficient (Wildman–Crippen LogP) is 2.18. The molecule has 7 nitrogen and oxygen atoms in total. The van der Waals surface area contributed by atoms with Crippen LogP contribution in [-0.2, 0) is 16.0 Å². The molecule has 1 heterocycles. The van der Waals surface area contributed by atoms with Gasteiger partial charge in [0.2, 0.25) is 0 Å². The molecule has 0 spiro atoms. The zero-order chi connectivity index (χ0) is 22.9. The lowest BCUT2D eigenvalue weighted by molar-refractivity contribution is -0.124. The third kappa shape index (κ3) is 6.05. The molecule has 0 bridgehead atoms. The van der Waals surface area contributed by atoms with Crippen molar-refractivity contribution in [2.24, 2.45) is 0 Å². The number of amides is 2. The Morgan fingerprint density at radius 2 is 2.00 bits per heavy atom. The molecule has 1 aliphatic heterocycles. The molecule has 32 heavy (non-hydrogen) atoms. The van der Waals surface area contributed by atoms with E-state index in [9.17, 15) is 19.1 Å². The fourth-order valence-corrected chi connectivity index (χ4v) is 3.92. The van der Waals surface area contributed by atoms with E-state index in [0.717, 1.165) is 18.4 Å². The summed E-state index contributed by atoms with van der Waals surface area (Å²) in [7, 11) is 1.56. The standard InChI is InChI=1S/C24H29FN2O5/c1-31-15-19-9-6-12-27(19)24(30)23-20(25)10-5-11-21(23)32-16-22(29)26-18(14-28)13-17-7-3-2-4-8-17/h2-5,7-8,10-11,18-19,28H,6,9,12-16H2,1H3,(H,26,29)/t18-,19-/m0/s1. The number of ether oxygens (including phenoxy) is 2. The summed E-state index contributed by atoms with van der Waals surface area (Å²) in [6.45, 7) is 0.248. The van der Waals surface area contributed by atoms with Crippen molar-refractivity contribution in [3.05, 3.63) is 65.5 Å². The minimum absolute atomic E-state index is 0.0109. The summed E-state index contributed by atoms with van der Waals surface area (Å²) in [5.41, 5.74) is 0.785. The van der Waals surface area contributed by atoms with E-state index in [2.05, 4.69) is 5.32 Å². The number of aliphatic hydroxyl groups excluding tert-OH is 1. The van der Waals surface area contributed by atoms with E-state index in [1.54, 1.807) is 12.0 Å². The molecule has 8 heteroatoms. The number of halogens is 1. The third-order valence-corrected chi connectivity index (χ3v) is 5.46. The molecule has 2 atom stereocenters. The van der Waals surface area contributed by atoms with Gasteiger partial charge in [0.05, 0.1) is 25.3 Å². The van der Waals surface area contributed by atoms with Crippen LogP contribution in [0.25, 0.3) is 0 Å². The highest BCUT2D eigenvalue weighted by atomic mass is 19.1. The maximum atomic E-state index is 14.6. The highest BCUT2D eigenvalue weighted by molar-refractivity contribution is 5.97. The second kappa shape index (κ2) is 11.6. The van der Waals surface area contributed by atoms with E-state index in [1.165, 1.54) is 18.2 Å². The SMILES string of the molecule is COC[C@@H]1CCCN1C(=O)c1c(F)cccc1OCC(=O)N[C@H](CO)Cc1ccccc1. The second-order valence-electron chi connectivity index (χ2n) is 7.79. The van der Waals surface area contributed by atoms with Crippen LogP contribution < -0.4 is 10.1 Å². The van der Waals surface area contributed by atoms with Crippen molar-refractivity contribution in [1.29, 1.82) is 0 Å². The van der Waals surface area contributed by atoms with Gasteiger partial charge >= 0.3 is 0 Å². The van der Waals surface area contributed by atoms with Crippen LogP contribution in [0.5, 0.6) is 5.75 Å². The number of methoxy groups -OCH3 is 1. The lowest BCUT2D eigenvalue weighted by atomic mass is 10.1. The number of hydrogen-bond donors (Lipinski definition) is 2. The third-order valence-electron chi connectivity index (χ3n) is 5.46. The smallest absolute Gasteiger partial charge is 0.260 e. The molecule has 1 fully saturated rings. The van der Waals surface area contributed by atoms with Crippen molar-refractivity contribution < 1.29 is 28.6 Å². The highest BCUT2D eigenvalue weighted by Gasteiger charge is 2.32. The lowest BCUT2D eigenvalue weighted by Gasteiger charge is -2.25. The van der Waals surface area contributed by atoms with E-state index < -0.39 is 30.3 Å². The number of hydrogen-bond acceptors (Lipinski definition) is 5. The summed E-state index contributed by atoms with van der Waals surface area (Å²) in [6.07, 6.45) is 2.07. The number of nitrogens with one attached hydrogen (secondary N) is 1. The number of rotatable bonds is 10. The summed E-state index contributed by atoms with van der Waals surface area (Å²) >= 11 is 0. The van der Waals surface area contributed by atoms with Gasteiger partial charge in [-0.1, -0.05) is 36.4 Å². The fourth-order valence-electron chi connectivity index (χ4n) is 3.92. The molecule has 0 aliphatic carbocycles. The molecular formula is C24H29FN2O5. The van der Waals surface area contributed by atoms with Gasteiger partial charge in [-0.25, -0.2) is 4.39 Å². The van der Waals surface area contributed by atoms with Crippen LogP contribution in [-0.4, -0.2) is 67.4 Å². The minimum Gasteiger partial charge on any atom is -0.483 e. The molecule has 2 aromatic carbocycles. The molecule has 172 valence electrons. The first-order chi connectivity index (χ1) is 15.5. The van der Waals surface area contributed by atoms with Crippen LogP contribution in [0.4, 0.5) is 4.39 Å². The summed E-state index contributed by atoms with van der Waals surface area (Å²) < 4.78 is 25.3. The van der Waals surface area contributed by atoms with Crippen LogP contribution in [0.2, 0.25) is 0 Å². The van der Waals surface area contributed by atoms with Crippen molar-refractivity contribution in [3.8, 4) is 5.75 Å². The van der Waals surface area contributed by atoms with Gasteiger partial charge in [-0.05, 0) is 37.0 Å². The number of benzene rings is 2. The van der Waals surface area contributed by atoms with Crippen molar-refractivity contribution in [2.45, 2.75) is 31.3 Å². The van der Waals surface area contributed by atoms with E-state index >= 15 is 0 Å². The number of carbonyl (C=O) groups excluding carboxylic acids is 2. The molecule has 0 radical (unpaired) electrons. The average molecular weight is 445 g/mol. The minimum atomic E-state index is -0.701. The van der Waals surface area contributed by atoms with Gasteiger partial charge in [-0.15, -0.1) is 0 Å². The van der Waals surface area contributed by atoms with Crippen LogP contribution >= 0.6 is 0 Å². The topological polar surface area (TPSA) is 88.1 Å². The Morgan fingerprint density at radius 3 is 2.72 bits per heavy atom. The quantitative estimate of drug-likeness (QED) is 0.587. The molecule has 0 saturated carbocycles. The van der Waals surface area contributed by atoms with Crippen LogP contribution in [0.15, 0.2) is 48.5 Å². The number of carbonyl (C=O) groups is 2. The Morgan fingerprint density at radius 1 is 1.22 bits per heavy atom. The number of likely N-dealkylation sites (tertiary alicyclic amines) is 1. The Kier molecular flexibility index (Phi) is 8.58. The molecular weight excluding hydrogens is 415 g/mol. The van der Waals surface area contributed by atoms with Crippen molar-refractivity contribution in [1.82, 2.24) is 10.2 Å². The predicted molar refractivity (Wildman–Crippen MR) is 117 cm³/mol. The Balaban J connectivity index is 1.64. The van der Waals surface area contributed by atoms with Gasteiger partial charge in [0.15, 0.2) is 6.61 Å². The van der Waals surface area contributed by atoms with Crippen LogP contribution in [0, 0.1) is 5.82 Å². The Bertz CT molecular complexity index is 909. The number of nitrogens with zero attached hydrogens (tertiary/aromatic N) is 1. The molecule has 3 rings (SSSR count). The molecule has 1 aliphatic rings. The van der Waals surface area contributed by atoms with Gasteiger partial charge in [0.25, 0.3) is 11.8 Å². The first-order valence-electron chi connectivity index (χ1n) is 10.7. The number of aliphatic hydroxyl groups is 1. The first kappa shape index (κ1) is 23.7. The van der Waals surface area contributed by atoms with Gasteiger partial charge in [-0.3, -0.25) is 9.59 Å². The molecule has 2 amide bonds. The maximum Gasteiger partial charge on any atom is 0.260 e. The monoisotopic (exact) mass is 444 g/mol. The molecule has 0 aromatic heterocycles. The summed E-state index contributed by atoms with van der Waals surface area (Å²) in [5.74, 6) is -1.64. The van der Waals surface area contributed by atoms with E-state index in [0.29, 0.717) is 19.6 Å². The van der Waals surface area contributed by atoms with E-state index in [1.807, 2.05) is 30.3 Å².